The third-order valence-electron chi connectivity index (χ3n) is 2.73. The molecule has 1 heterocycles. The summed E-state index contributed by atoms with van der Waals surface area (Å²) in [7, 11) is -3.69. The van der Waals surface area contributed by atoms with Gasteiger partial charge in [-0.25, -0.2) is 0 Å². The molecule has 4 nitrogen and oxygen atoms in total. The van der Waals surface area contributed by atoms with E-state index in [0.29, 0.717) is 22.1 Å². The smallest absolute Gasteiger partial charge is 0.286 e. The molecule has 1 aliphatic heterocycles. The lowest BCUT2D eigenvalue weighted by atomic mass is 10.2. The van der Waals surface area contributed by atoms with Crippen LogP contribution in [0.25, 0.3) is 0 Å². The predicted octanol–water partition coefficient (Wildman–Crippen LogP) is 2.90. The van der Waals surface area contributed by atoms with Crippen LogP contribution in [0.1, 0.15) is 5.56 Å². The first-order valence-electron chi connectivity index (χ1n) is 5.53. The average molecular weight is 293 g/mol. The maximum Gasteiger partial charge on any atom is 0.286 e. The van der Waals surface area contributed by atoms with E-state index < -0.39 is 10.0 Å². The zero-order chi connectivity index (χ0) is 13.5. The molecule has 0 bridgehead atoms. The van der Waals surface area contributed by atoms with Gasteiger partial charge < -0.3 is 5.32 Å². The van der Waals surface area contributed by atoms with Crippen molar-refractivity contribution < 1.29 is 8.42 Å². The van der Waals surface area contributed by atoms with Crippen LogP contribution in [0.4, 0.5) is 5.69 Å². The molecule has 2 aromatic carbocycles. The molecule has 19 heavy (non-hydrogen) atoms. The van der Waals surface area contributed by atoms with E-state index in [1.807, 2.05) is 18.2 Å². The number of benzene rings is 2. The third kappa shape index (κ3) is 2.22. The number of sulfonamides is 1. The van der Waals surface area contributed by atoms with Gasteiger partial charge in [-0.05, 0) is 18.2 Å². The first kappa shape index (κ1) is 12.2. The van der Waals surface area contributed by atoms with Gasteiger partial charge in [0.15, 0.2) is 5.84 Å². The quantitative estimate of drug-likeness (QED) is 0.879. The number of rotatable bonds is 1. The van der Waals surface area contributed by atoms with Crippen LogP contribution in [0.5, 0.6) is 0 Å². The Labute approximate surface area is 115 Å². The molecule has 0 aliphatic carbocycles. The van der Waals surface area contributed by atoms with Gasteiger partial charge in [0.05, 0.1) is 5.69 Å². The lowest BCUT2D eigenvalue weighted by molar-refractivity contribution is 0.598. The fourth-order valence-electron chi connectivity index (χ4n) is 1.87. The Hall–Kier alpha value is -1.85. The van der Waals surface area contributed by atoms with E-state index in [1.165, 1.54) is 12.1 Å². The normalized spacial score (nSPS) is 16.2. The number of fused-ring (bicyclic) bond motifs is 1. The molecule has 0 spiro atoms. The van der Waals surface area contributed by atoms with Crippen molar-refractivity contribution in [2.75, 3.05) is 5.32 Å². The van der Waals surface area contributed by atoms with Crippen LogP contribution >= 0.6 is 11.6 Å². The first-order chi connectivity index (χ1) is 9.06. The van der Waals surface area contributed by atoms with E-state index in [-0.39, 0.29) is 4.90 Å². The number of anilines is 1. The van der Waals surface area contributed by atoms with Gasteiger partial charge in [-0.15, -0.1) is 4.40 Å². The maximum absolute atomic E-state index is 12.1. The minimum absolute atomic E-state index is 0.136. The van der Waals surface area contributed by atoms with Crippen molar-refractivity contribution in [2.45, 2.75) is 4.90 Å². The lowest BCUT2D eigenvalue weighted by Crippen LogP contribution is -2.22. The van der Waals surface area contributed by atoms with Gasteiger partial charge in [-0.2, -0.15) is 8.42 Å². The van der Waals surface area contributed by atoms with Crippen LogP contribution in [0.2, 0.25) is 5.02 Å². The first-order valence-corrected chi connectivity index (χ1v) is 7.35. The van der Waals surface area contributed by atoms with Gasteiger partial charge in [0.1, 0.15) is 4.90 Å². The molecule has 6 heteroatoms. The molecule has 3 rings (SSSR count). The van der Waals surface area contributed by atoms with Crippen molar-refractivity contribution in [1.82, 2.24) is 0 Å². The number of hydrogen-bond donors (Lipinski definition) is 1. The molecule has 96 valence electrons. The summed E-state index contributed by atoms with van der Waals surface area (Å²) in [6.07, 6.45) is 0. The molecule has 0 aromatic heterocycles. The summed E-state index contributed by atoms with van der Waals surface area (Å²) in [5.74, 6) is 0.301. The Morgan fingerprint density at radius 2 is 1.79 bits per heavy atom. The molecule has 1 N–H and O–H groups in total. The predicted molar refractivity (Wildman–Crippen MR) is 75.2 cm³/mol. The third-order valence-corrected chi connectivity index (χ3v) is 4.30. The van der Waals surface area contributed by atoms with Crippen molar-refractivity contribution in [3.8, 4) is 0 Å². The van der Waals surface area contributed by atoms with Crippen LogP contribution in [0.3, 0.4) is 0 Å². The molecular weight excluding hydrogens is 284 g/mol. The molecule has 0 atom stereocenters. The van der Waals surface area contributed by atoms with Crippen LogP contribution in [0, 0.1) is 0 Å². The fourth-order valence-corrected chi connectivity index (χ4v) is 3.16. The number of nitrogens with zero attached hydrogens (tertiary/aromatic N) is 1. The van der Waals surface area contributed by atoms with Gasteiger partial charge in [0.2, 0.25) is 0 Å². The van der Waals surface area contributed by atoms with Gasteiger partial charge in [0, 0.05) is 10.6 Å². The molecule has 0 amide bonds. The highest BCUT2D eigenvalue weighted by Gasteiger charge is 2.25. The molecule has 0 radical (unpaired) electrons. The zero-order valence-corrected chi connectivity index (χ0v) is 11.2. The van der Waals surface area contributed by atoms with Crippen LogP contribution in [-0.2, 0) is 10.0 Å². The van der Waals surface area contributed by atoms with E-state index >= 15 is 0 Å². The molecule has 0 saturated carbocycles. The maximum atomic E-state index is 12.1. The molecule has 1 aliphatic rings. The Kier molecular flexibility index (Phi) is 2.80. The molecule has 0 saturated heterocycles. The number of halogens is 1. The second kappa shape index (κ2) is 4.36. The van der Waals surface area contributed by atoms with Crippen LogP contribution in [-0.4, -0.2) is 14.3 Å². The van der Waals surface area contributed by atoms with Gasteiger partial charge in [-0.3, -0.25) is 0 Å². The Morgan fingerprint density at radius 3 is 2.53 bits per heavy atom. The van der Waals surface area contributed by atoms with Crippen molar-refractivity contribution in [3.05, 3.63) is 59.1 Å². The highest BCUT2D eigenvalue weighted by molar-refractivity contribution is 7.90. The summed E-state index contributed by atoms with van der Waals surface area (Å²) < 4.78 is 28.0. The number of hydrogen-bond acceptors (Lipinski definition) is 3. The molecule has 0 fully saturated rings. The van der Waals surface area contributed by atoms with Crippen molar-refractivity contribution in [1.29, 1.82) is 0 Å². The van der Waals surface area contributed by atoms with E-state index in [2.05, 4.69) is 9.71 Å². The average Bonchev–Trinajstić information content (AvgIpc) is 2.38. The zero-order valence-electron chi connectivity index (χ0n) is 9.67. The Bertz CT molecular complexity index is 770. The summed E-state index contributed by atoms with van der Waals surface area (Å²) in [5, 5.41) is 3.46. The summed E-state index contributed by atoms with van der Waals surface area (Å²) in [6.45, 7) is 0. The standard InChI is InChI=1S/C13H9ClN2O2S/c14-10-6-7-12-11(8-10)15-13(16-19(12,17)18)9-4-2-1-3-5-9/h1-8H,(H,15,16). The minimum atomic E-state index is -3.69. The molecular formula is C13H9ClN2O2S. The largest absolute Gasteiger partial charge is 0.338 e. The van der Waals surface area contributed by atoms with Crippen LogP contribution < -0.4 is 5.32 Å². The van der Waals surface area contributed by atoms with E-state index in [4.69, 9.17) is 11.6 Å². The highest BCUT2D eigenvalue weighted by Crippen LogP contribution is 2.30. The summed E-state index contributed by atoms with van der Waals surface area (Å²) in [6, 6.07) is 13.6. The van der Waals surface area contributed by atoms with Gasteiger partial charge in [-0.1, -0.05) is 41.9 Å². The summed E-state index contributed by atoms with van der Waals surface area (Å²) >= 11 is 5.89. The minimum Gasteiger partial charge on any atom is -0.338 e. The monoisotopic (exact) mass is 292 g/mol. The van der Waals surface area contributed by atoms with Gasteiger partial charge >= 0.3 is 0 Å². The summed E-state index contributed by atoms with van der Waals surface area (Å²) in [5.41, 5.74) is 1.15. The van der Waals surface area contributed by atoms with E-state index in [0.717, 1.165) is 0 Å². The summed E-state index contributed by atoms with van der Waals surface area (Å²) in [4.78, 5) is 0.136. The van der Waals surface area contributed by atoms with Gasteiger partial charge in [0.25, 0.3) is 10.0 Å². The number of nitrogens with one attached hydrogen (secondary N) is 1. The van der Waals surface area contributed by atoms with Crippen molar-refractivity contribution in [3.63, 3.8) is 0 Å². The lowest BCUT2D eigenvalue weighted by Gasteiger charge is -2.18. The van der Waals surface area contributed by atoms with E-state index in [9.17, 15) is 8.42 Å². The SMILES string of the molecule is O=S1(=O)N=C(c2ccccc2)Nc2cc(Cl)ccc21. The highest BCUT2D eigenvalue weighted by atomic mass is 35.5. The Morgan fingerprint density at radius 1 is 1.05 bits per heavy atom. The number of amidine groups is 1. The Balaban J connectivity index is 2.16. The van der Waals surface area contributed by atoms with E-state index in [1.54, 1.807) is 18.2 Å². The molecule has 2 aromatic rings. The van der Waals surface area contributed by atoms with Crippen molar-refractivity contribution in [2.24, 2.45) is 4.40 Å². The second-order valence-electron chi connectivity index (χ2n) is 4.05. The molecule has 0 unspecified atom stereocenters. The fraction of sp³-hybridized carbons (Fsp3) is 0. The topological polar surface area (TPSA) is 58.5 Å². The second-order valence-corrected chi connectivity index (χ2v) is 6.06. The van der Waals surface area contributed by atoms with Crippen molar-refractivity contribution >= 4 is 33.1 Å². The van der Waals surface area contributed by atoms with Crippen LogP contribution in [0.15, 0.2) is 57.8 Å².